The zero-order chi connectivity index (χ0) is 12.5. The molecular weight excluding hydrogens is 228 g/mol. The first-order valence-corrected chi connectivity index (χ1v) is 9.46. The lowest BCUT2D eigenvalue weighted by molar-refractivity contribution is 0.00804. The maximum Gasteiger partial charge on any atom is 0.0864 e. The smallest absolute Gasteiger partial charge is 0.0864 e. The largest absolute Gasteiger partial charge is 0.391 e. The maximum atomic E-state index is 9.83. The first-order chi connectivity index (χ1) is 8.03. The fourth-order valence-corrected chi connectivity index (χ4v) is 6.46. The van der Waals surface area contributed by atoms with Crippen LogP contribution in [-0.4, -0.2) is 32.0 Å². The lowest BCUT2D eigenvalue weighted by Crippen LogP contribution is -2.50. The molecule has 0 aromatic heterocycles. The van der Waals surface area contributed by atoms with Gasteiger partial charge in [-0.05, 0) is 18.9 Å². The van der Waals surface area contributed by atoms with Crippen molar-refractivity contribution in [3.8, 4) is 0 Å². The van der Waals surface area contributed by atoms with Crippen molar-refractivity contribution in [3.05, 3.63) is 30.3 Å². The van der Waals surface area contributed by atoms with Gasteiger partial charge in [-0.25, -0.2) is 0 Å². The third-order valence-corrected chi connectivity index (χ3v) is 8.35. The van der Waals surface area contributed by atoms with Crippen LogP contribution >= 0.6 is 0 Å². The number of hydrogen-bond acceptors (Lipinski definition) is 2. The van der Waals surface area contributed by atoms with Crippen LogP contribution in [-0.2, 0) is 4.74 Å². The van der Waals surface area contributed by atoms with E-state index < -0.39 is 8.07 Å². The molecular formula is C14H22O2Si. The number of ether oxygens (including phenoxy) is 1. The predicted octanol–water partition coefficient (Wildman–Crippen LogP) is 2.14. The number of rotatable bonds is 3. The van der Waals surface area contributed by atoms with E-state index in [1.54, 1.807) is 0 Å². The Kier molecular flexibility index (Phi) is 3.71. The third kappa shape index (κ3) is 2.46. The lowest BCUT2D eigenvalue weighted by Gasteiger charge is -2.34. The SMILES string of the molecule is C[C@H](O)[C@H]1OCC[C@@H]1[Si](C)(C)c1ccccc1. The van der Waals surface area contributed by atoms with Crippen molar-refractivity contribution in [1.82, 2.24) is 0 Å². The molecule has 94 valence electrons. The van der Waals surface area contributed by atoms with Gasteiger partial charge in [-0.1, -0.05) is 48.6 Å². The van der Waals surface area contributed by atoms with Gasteiger partial charge in [0.25, 0.3) is 0 Å². The van der Waals surface area contributed by atoms with E-state index >= 15 is 0 Å². The van der Waals surface area contributed by atoms with Crippen molar-refractivity contribution < 1.29 is 9.84 Å². The van der Waals surface area contributed by atoms with Crippen LogP contribution in [0.2, 0.25) is 18.6 Å². The first-order valence-electron chi connectivity index (χ1n) is 6.38. The quantitative estimate of drug-likeness (QED) is 0.833. The standard InChI is InChI=1S/C14H22O2Si/c1-11(15)14-13(9-10-16-14)17(2,3)12-7-5-4-6-8-12/h4-8,11,13-15H,9-10H2,1-3H3/t11-,13-,14+/m0/s1. The van der Waals surface area contributed by atoms with Crippen molar-refractivity contribution in [2.24, 2.45) is 0 Å². The minimum Gasteiger partial charge on any atom is -0.391 e. The molecule has 1 saturated heterocycles. The Morgan fingerprint density at radius 2 is 1.94 bits per heavy atom. The molecule has 1 aliphatic heterocycles. The van der Waals surface area contributed by atoms with Crippen molar-refractivity contribution in [2.45, 2.75) is 44.2 Å². The molecule has 0 amide bonds. The molecule has 0 aliphatic carbocycles. The van der Waals surface area contributed by atoms with Gasteiger partial charge in [-0.2, -0.15) is 0 Å². The third-order valence-electron chi connectivity index (χ3n) is 4.06. The molecule has 3 heteroatoms. The average molecular weight is 250 g/mol. The van der Waals surface area contributed by atoms with Crippen LogP contribution in [0.4, 0.5) is 0 Å². The molecule has 0 bridgehead atoms. The Balaban J connectivity index is 2.26. The van der Waals surface area contributed by atoms with Gasteiger partial charge in [-0.15, -0.1) is 0 Å². The van der Waals surface area contributed by atoms with Gasteiger partial charge in [0, 0.05) is 6.61 Å². The Morgan fingerprint density at radius 1 is 1.29 bits per heavy atom. The van der Waals surface area contributed by atoms with Gasteiger partial charge in [0.1, 0.15) is 0 Å². The van der Waals surface area contributed by atoms with Gasteiger partial charge in [0.2, 0.25) is 0 Å². The van der Waals surface area contributed by atoms with Crippen LogP contribution in [0.5, 0.6) is 0 Å². The highest BCUT2D eigenvalue weighted by molar-refractivity contribution is 6.91. The maximum absolute atomic E-state index is 9.83. The molecule has 17 heavy (non-hydrogen) atoms. The molecule has 1 N–H and O–H groups in total. The summed E-state index contributed by atoms with van der Waals surface area (Å²) < 4.78 is 5.72. The van der Waals surface area contributed by atoms with E-state index in [0.717, 1.165) is 13.0 Å². The molecule has 2 rings (SSSR count). The Labute approximate surface area is 105 Å². The summed E-state index contributed by atoms with van der Waals surface area (Å²) in [4.78, 5) is 0. The molecule has 1 aromatic carbocycles. The Hall–Kier alpha value is -0.643. The fraction of sp³-hybridized carbons (Fsp3) is 0.571. The molecule has 3 atom stereocenters. The van der Waals surface area contributed by atoms with Crippen LogP contribution in [0, 0.1) is 0 Å². The van der Waals surface area contributed by atoms with E-state index in [0.29, 0.717) is 5.54 Å². The monoisotopic (exact) mass is 250 g/mol. The number of aliphatic hydroxyl groups excluding tert-OH is 1. The molecule has 2 nitrogen and oxygen atoms in total. The zero-order valence-electron chi connectivity index (χ0n) is 10.9. The van der Waals surface area contributed by atoms with E-state index in [2.05, 4.69) is 43.4 Å². The minimum absolute atomic E-state index is 0.0249. The average Bonchev–Trinajstić information content (AvgIpc) is 2.80. The topological polar surface area (TPSA) is 29.5 Å². The van der Waals surface area contributed by atoms with Crippen LogP contribution < -0.4 is 5.19 Å². The first kappa shape index (κ1) is 12.8. The lowest BCUT2D eigenvalue weighted by atomic mass is 10.1. The summed E-state index contributed by atoms with van der Waals surface area (Å²) in [6, 6.07) is 10.7. The number of aliphatic hydroxyl groups is 1. The van der Waals surface area contributed by atoms with Gasteiger partial charge in [-0.3, -0.25) is 0 Å². The van der Waals surface area contributed by atoms with Crippen LogP contribution in [0.25, 0.3) is 0 Å². The summed E-state index contributed by atoms with van der Waals surface area (Å²) in [7, 11) is -1.56. The number of benzene rings is 1. The van der Waals surface area contributed by atoms with E-state index in [1.807, 2.05) is 6.92 Å². The molecule has 1 aliphatic rings. The highest BCUT2D eigenvalue weighted by Gasteiger charge is 2.44. The molecule has 0 saturated carbocycles. The van der Waals surface area contributed by atoms with Crippen LogP contribution in [0.3, 0.4) is 0 Å². The van der Waals surface area contributed by atoms with Crippen LogP contribution in [0.15, 0.2) is 30.3 Å². The van der Waals surface area contributed by atoms with Crippen molar-refractivity contribution >= 4 is 13.3 Å². The second-order valence-corrected chi connectivity index (χ2v) is 10.3. The van der Waals surface area contributed by atoms with Crippen molar-refractivity contribution in [1.29, 1.82) is 0 Å². The predicted molar refractivity (Wildman–Crippen MR) is 73.3 cm³/mol. The molecule has 1 fully saturated rings. The highest BCUT2D eigenvalue weighted by Crippen LogP contribution is 2.37. The summed E-state index contributed by atoms with van der Waals surface area (Å²) >= 11 is 0. The zero-order valence-corrected chi connectivity index (χ0v) is 11.9. The summed E-state index contributed by atoms with van der Waals surface area (Å²) in [5.74, 6) is 0. The minimum atomic E-state index is -1.56. The van der Waals surface area contributed by atoms with E-state index in [1.165, 1.54) is 5.19 Å². The Bertz CT molecular complexity index is 362. The molecule has 0 radical (unpaired) electrons. The van der Waals surface area contributed by atoms with E-state index in [4.69, 9.17) is 4.74 Å². The highest BCUT2D eigenvalue weighted by atomic mass is 28.3. The second kappa shape index (κ2) is 4.92. The normalized spacial score (nSPS) is 27.1. The van der Waals surface area contributed by atoms with E-state index in [-0.39, 0.29) is 12.2 Å². The van der Waals surface area contributed by atoms with Crippen molar-refractivity contribution in [2.75, 3.05) is 6.61 Å². The summed E-state index contributed by atoms with van der Waals surface area (Å²) in [6.45, 7) is 7.41. The molecule has 0 spiro atoms. The van der Waals surface area contributed by atoms with Gasteiger partial charge >= 0.3 is 0 Å². The van der Waals surface area contributed by atoms with Gasteiger partial charge in [0.15, 0.2) is 0 Å². The molecule has 1 heterocycles. The van der Waals surface area contributed by atoms with E-state index in [9.17, 15) is 5.11 Å². The summed E-state index contributed by atoms with van der Waals surface area (Å²) in [5, 5.41) is 11.3. The van der Waals surface area contributed by atoms with Crippen LogP contribution in [0.1, 0.15) is 13.3 Å². The summed E-state index contributed by atoms with van der Waals surface area (Å²) in [5.41, 5.74) is 0.518. The van der Waals surface area contributed by atoms with Gasteiger partial charge in [0.05, 0.1) is 20.3 Å². The number of hydrogen-bond donors (Lipinski definition) is 1. The molecule has 1 aromatic rings. The second-order valence-electron chi connectivity index (χ2n) is 5.56. The fourth-order valence-electron chi connectivity index (χ4n) is 2.94. The van der Waals surface area contributed by atoms with Gasteiger partial charge < -0.3 is 9.84 Å². The molecule has 0 unspecified atom stereocenters. The van der Waals surface area contributed by atoms with Crippen molar-refractivity contribution in [3.63, 3.8) is 0 Å². The summed E-state index contributed by atoms with van der Waals surface area (Å²) in [6.07, 6.45) is 0.749. The Morgan fingerprint density at radius 3 is 2.53 bits per heavy atom.